The second-order valence-corrected chi connectivity index (χ2v) is 6.12. The van der Waals surface area contributed by atoms with E-state index in [0.717, 1.165) is 38.9 Å². The number of carbonyl (C=O) groups is 1. The molecule has 0 aliphatic heterocycles. The van der Waals surface area contributed by atoms with Crippen LogP contribution in [0, 0.1) is 13.8 Å². The first kappa shape index (κ1) is 16.8. The van der Waals surface area contributed by atoms with Crippen LogP contribution in [0.2, 0.25) is 0 Å². The van der Waals surface area contributed by atoms with Gasteiger partial charge in [-0.2, -0.15) is 0 Å². The van der Waals surface area contributed by atoms with E-state index in [2.05, 4.69) is 16.7 Å². The molecule has 4 heteroatoms. The third kappa shape index (κ3) is 3.91. The van der Waals surface area contributed by atoms with Gasteiger partial charge in [0.05, 0.1) is 7.11 Å². The van der Waals surface area contributed by atoms with E-state index in [-0.39, 0.29) is 6.03 Å². The first-order chi connectivity index (χ1) is 12.1. The Kier molecular flexibility index (Phi) is 4.89. The van der Waals surface area contributed by atoms with Crippen LogP contribution in [0.25, 0.3) is 10.8 Å². The first-order valence-corrected chi connectivity index (χ1v) is 8.24. The molecule has 3 aromatic rings. The van der Waals surface area contributed by atoms with E-state index < -0.39 is 0 Å². The molecule has 3 aromatic carbocycles. The molecule has 0 saturated carbocycles. The Morgan fingerprint density at radius 1 is 0.960 bits per heavy atom. The van der Waals surface area contributed by atoms with Crippen LogP contribution >= 0.6 is 0 Å². The molecule has 2 N–H and O–H groups in total. The van der Waals surface area contributed by atoms with Crippen molar-refractivity contribution in [3.63, 3.8) is 0 Å². The molecule has 4 nitrogen and oxygen atoms in total. The van der Waals surface area contributed by atoms with Crippen molar-refractivity contribution in [3.05, 3.63) is 71.3 Å². The molecule has 128 valence electrons. The summed E-state index contributed by atoms with van der Waals surface area (Å²) in [6.45, 7) is 4.44. The summed E-state index contributed by atoms with van der Waals surface area (Å²) in [5, 5.41) is 8.08. The summed E-state index contributed by atoms with van der Waals surface area (Å²) in [6.07, 6.45) is 0. The zero-order valence-corrected chi connectivity index (χ0v) is 14.7. The van der Waals surface area contributed by atoms with Crippen LogP contribution < -0.4 is 15.4 Å². The third-order valence-electron chi connectivity index (χ3n) is 4.28. The van der Waals surface area contributed by atoms with Crippen LogP contribution in [0.1, 0.15) is 16.7 Å². The van der Waals surface area contributed by atoms with Crippen molar-refractivity contribution in [1.82, 2.24) is 5.32 Å². The molecule has 0 atom stereocenters. The lowest BCUT2D eigenvalue weighted by Gasteiger charge is -2.12. The number of benzene rings is 3. The highest BCUT2D eigenvalue weighted by Gasteiger charge is 2.07. The van der Waals surface area contributed by atoms with Crippen LogP contribution in [0.15, 0.2) is 54.6 Å². The number of hydrogen-bond donors (Lipinski definition) is 2. The molecule has 25 heavy (non-hydrogen) atoms. The monoisotopic (exact) mass is 334 g/mol. The molecule has 3 rings (SSSR count). The smallest absolute Gasteiger partial charge is 0.319 e. The van der Waals surface area contributed by atoms with Gasteiger partial charge in [0.1, 0.15) is 5.75 Å². The van der Waals surface area contributed by atoms with Gasteiger partial charge in [-0.15, -0.1) is 0 Å². The van der Waals surface area contributed by atoms with Gasteiger partial charge in [0.25, 0.3) is 0 Å². The van der Waals surface area contributed by atoms with Gasteiger partial charge in [0, 0.05) is 12.2 Å². The molecule has 2 amide bonds. The fourth-order valence-corrected chi connectivity index (χ4v) is 2.86. The van der Waals surface area contributed by atoms with Gasteiger partial charge < -0.3 is 15.4 Å². The maximum Gasteiger partial charge on any atom is 0.319 e. The molecule has 0 fully saturated rings. The lowest BCUT2D eigenvalue weighted by Crippen LogP contribution is -2.28. The molecular formula is C21H22N2O2. The van der Waals surface area contributed by atoms with Gasteiger partial charge in [0.15, 0.2) is 0 Å². The number of methoxy groups -OCH3 is 1. The van der Waals surface area contributed by atoms with Gasteiger partial charge in [0.2, 0.25) is 0 Å². The SMILES string of the molecule is COc1ccc2cc(CNC(=O)Nc3c(C)cccc3C)ccc2c1. The second-order valence-electron chi connectivity index (χ2n) is 6.12. The molecule has 0 heterocycles. The number of para-hydroxylation sites is 1. The average molecular weight is 334 g/mol. The number of urea groups is 1. The van der Waals surface area contributed by atoms with E-state index in [9.17, 15) is 4.79 Å². The molecule has 0 aliphatic rings. The van der Waals surface area contributed by atoms with Crippen LogP contribution in [0.4, 0.5) is 10.5 Å². The summed E-state index contributed by atoms with van der Waals surface area (Å²) < 4.78 is 5.24. The number of fused-ring (bicyclic) bond motifs is 1. The van der Waals surface area contributed by atoms with E-state index in [0.29, 0.717) is 6.54 Å². The van der Waals surface area contributed by atoms with Crippen molar-refractivity contribution >= 4 is 22.5 Å². The summed E-state index contributed by atoms with van der Waals surface area (Å²) >= 11 is 0. The maximum absolute atomic E-state index is 12.2. The number of nitrogens with one attached hydrogen (secondary N) is 2. The topological polar surface area (TPSA) is 50.4 Å². The Balaban J connectivity index is 1.67. The number of rotatable bonds is 4. The number of hydrogen-bond acceptors (Lipinski definition) is 2. The van der Waals surface area contributed by atoms with E-state index in [4.69, 9.17) is 4.74 Å². The Bertz CT molecular complexity index is 899. The third-order valence-corrected chi connectivity index (χ3v) is 4.28. The second kappa shape index (κ2) is 7.26. The van der Waals surface area contributed by atoms with Crippen molar-refractivity contribution in [2.45, 2.75) is 20.4 Å². The van der Waals surface area contributed by atoms with Crippen molar-refractivity contribution < 1.29 is 9.53 Å². The molecule has 0 saturated heterocycles. The molecule has 0 aromatic heterocycles. The van der Waals surface area contributed by atoms with E-state index in [1.54, 1.807) is 7.11 Å². The highest BCUT2D eigenvalue weighted by Crippen LogP contribution is 2.22. The predicted octanol–water partition coefficient (Wildman–Crippen LogP) is 4.79. The predicted molar refractivity (Wildman–Crippen MR) is 102 cm³/mol. The summed E-state index contributed by atoms with van der Waals surface area (Å²) in [7, 11) is 1.66. The minimum atomic E-state index is -0.202. The fourth-order valence-electron chi connectivity index (χ4n) is 2.86. The standard InChI is InChI=1S/C21H22N2O2/c1-14-5-4-6-15(2)20(14)23-21(24)22-13-16-7-8-18-12-19(25-3)10-9-17(18)11-16/h4-12H,13H2,1-3H3,(H2,22,23,24). The molecule has 0 aliphatic carbocycles. The average Bonchev–Trinajstić information content (AvgIpc) is 2.62. The van der Waals surface area contributed by atoms with E-state index >= 15 is 0 Å². The quantitative estimate of drug-likeness (QED) is 0.721. The molecule has 0 bridgehead atoms. The van der Waals surface area contributed by atoms with Crippen LogP contribution in [0.3, 0.4) is 0 Å². The Hall–Kier alpha value is -3.01. The van der Waals surface area contributed by atoms with Crippen LogP contribution in [-0.2, 0) is 6.54 Å². The van der Waals surface area contributed by atoms with E-state index in [1.807, 2.05) is 62.4 Å². The van der Waals surface area contributed by atoms with E-state index in [1.165, 1.54) is 0 Å². The zero-order valence-electron chi connectivity index (χ0n) is 14.7. The minimum Gasteiger partial charge on any atom is -0.497 e. The zero-order chi connectivity index (χ0) is 17.8. The Labute approximate surface area is 147 Å². The van der Waals surface area contributed by atoms with Crippen molar-refractivity contribution in [2.75, 3.05) is 12.4 Å². The highest BCUT2D eigenvalue weighted by molar-refractivity contribution is 5.91. The maximum atomic E-state index is 12.2. The fraction of sp³-hybridized carbons (Fsp3) is 0.190. The molecule has 0 spiro atoms. The van der Waals surface area contributed by atoms with Gasteiger partial charge >= 0.3 is 6.03 Å². The lowest BCUT2D eigenvalue weighted by atomic mass is 10.1. The lowest BCUT2D eigenvalue weighted by molar-refractivity contribution is 0.251. The van der Waals surface area contributed by atoms with Gasteiger partial charge in [-0.3, -0.25) is 0 Å². The highest BCUT2D eigenvalue weighted by atomic mass is 16.5. The van der Waals surface area contributed by atoms with Gasteiger partial charge in [-0.25, -0.2) is 4.79 Å². The van der Waals surface area contributed by atoms with Crippen LogP contribution in [0.5, 0.6) is 5.75 Å². The number of amides is 2. The summed E-state index contributed by atoms with van der Waals surface area (Å²) in [5.74, 6) is 0.839. The van der Waals surface area contributed by atoms with Crippen molar-refractivity contribution in [2.24, 2.45) is 0 Å². The Morgan fingerprint density at radius 3 is 2.36 bits per heavy atom. The largest absolute Gasteiger partial charge is 0.497 e. The number of ether oxygens (including phenoxy) is 1. The molecular weight excluding hydrogens is 312 g/mol. The minimum absolute atomic E-state index is 0.202. The summed E-state index contributed by atoms with van der Waals surface area (Å²) in [5.41, 5.74) is 4.02. The van der Waals surface area contributed by atoms with Crippen molar-refractivity contribution in [3.8, 4) is 5.75 Å². The normalized spacial score (nSPS) is 10.5. The summed E-state index contributed by atoms with van der Waals surface area (Å²) in [4.78, 5) is 12.2. The summed E-state index contributed by atoms with van der Waals surface area (Å²) in [6, 6.07) is 17.8. The van der Waals surface area contributed by atoms with Gasteiger partial charge in [-0.1, -0.05) is 36.4 Å². The first-order valence-electron chi connectivity index (χ1n) is 8.24. The van der Waals surface area contributed by atoms with Gasteiger partial charge in [-0.05, 0) is 59.5 Å². The molecule has 0 radical (unpaired) electrons. The number of aryl methyl sites for hydroxylation is 2. The molecule has 0 unspecified atom stereocenters. The number of carbonyl (C=O) groups excluding carboxylic acids is 1. The van der Waals surface area contributed by atoms with Crippen LogP contribution in [-0.4, -0.2) is 13.1 Å². The number of anilines is 1. The van der Waals surface area contributed by atoms with Crippen molar-refractivity contribution in [1.29, 1.82) is 0 Å². The Morgan fingerprint density at radius 2 is 1.64 bits per heavy atom.